The lowest BCUT2D eigenvalue weighted by Gasteiger charge is -2.21. The van der Waals surface area contributed by atoms with Crippen LogP contribution in [0.15, 0.2) is 12.2 Å². The Morgan fingerprint density at radius 2 is 2.17 bits per heavy atom. The van der Waals surface area contributed by atoms with E-state index in [-0.39, 0.29) is 17.7 Å². The van der Waals surface area contributed by atoms with Crippen LogP contribution in [0, 0.1) is 11.8 Å². The maximum Gasteiger partial charge on any atom is 0.233 e. The van der Waals surface area contributed by atoms with Crippen molar-refractivity contribution >= 4 is 11.8 Å². The highest BCUT2D eigenvalue weighted by Crippen LogP contribution is 2.30. The number of nitrogens with one attached hydrogen (secondary N) is 1. The van der Waals surface area contributed by atoms with Gasteiger partial charge in [-0.2, -0.15) is 0 Å². The highest BCUT2D eigenvalue weighted by molar-refractivity contribution is 6.05. The van der Waals surface area contributed by atoms with E-state index in [1.165, 1.54) is 0 Å². The first-order chi connectivity index (χ1) is 5.70. The summed E-state index contributed by atoms with van der Waals surface area (Å²) in [6.07, 6.45) is 3.07. The number of carbonyl (C=O) groups excluding carboxylic acids is 2. The molecule has 1 aliphatic carbocycles. The Morgan fingerprint density at radius 3 is 2.83 bits per heavy atom. The first-order valence-corrected chi connectivity index (χ1v) is 3.89. The van der Waals surface area contributed by atoms with Gasteiger partial charge in [0.05, 0.1) is 17.9 Å². The van der Waals surface area contributed by atoms with Gasteiger partial charge in [0.1, 0.15) is 0 Å². The van der Waals surface area contributed by atoms with E-state index < -0.39 is 12.0 Å². The van der Waals surface area contributed by atoms with Crippen LogP contribution < -0.4 is 5.32 Å². The van der Waals surface area contributed by atoms with Crippen molar-refractivity contribution in [3.8, 4) is 0 Å². The van der Waals surface area contributed by atoms with Crippen LogP contribution in [-0.2, 0) is 9.59 Å². The van der Waals surface area contributed by atoms with Crippen LogP contribution >= 0.6 is 0 Å². The second-order valence-corrected chi connectivity index (χ2v) is 3.14. The molecule has 1 fully saturated rings. The van der Waals surface area contributed by atoms with Gasteiger partial charge in [0.2, 0.25) is 11.8 Å². The number of aliphatic hydroxyl groups excluding tert-OH is 1. The lowest BCUT2D eigenvalue weighted by atomic mass is 9.83. The van der Waals surface area contributed by atoms with Gasteiger partial charge in [0.15, 0.2) is 0 Å². The van der Waals surface area contributed by atoms with Gasteiger partial charge in [0, 0.05) is 0 Å². The number of allylic oxidation sites excluding steroid dienone is 1. The van der Waals surface area contributed by atoms with Gasteiger partial charge in [-0.3, -0.25) is 14.9 Å². The molecule has 0 radical (unpaired) electrons. The van der Waals surface area contributed by atoms with Crippen LogP contribution in [-0.4, -0.2) is 23.0 Å². The maximum absolute atomic E-state index is 11.1. The first-order valence-electron chi connectivity index (χ1n) is 3.89. The molecule has 2 rings (SSSR count). The van der Waals surface area contributed by atoms with Crippen LogP contribution in [0.1, 0.15) is 6.42 Å². The summed E-state index contributed by atoms with van der Waals surface area (Å²) in [5, 5.41) is 11.6. The van der Waals surface area contributed by atoms with Gasteiger partial charge in [-0.15, -0.1) is 0 Å². The molecule has 2 amide bonds. The van der Waals surface area contributed by atoms with Crippen LogP contribution in [0.4, 0.5) is 0 Å². The summed E-state index contributed by atoms with van der Waals surface area (Å²) < 4.78 is 0. The third-order valence-corrected chi connectivity index (χ3v) is 2.41. The predicted molar refractivity (Wildman–Crippen MR) is 39.9 cm³/mol. The van der Waals surface area contributed by atoms with Crippen LogP contribution in [0.5, 0.6) is 0 Å². The number of rotatable bonds is 0. The van der Waals surface area contributed by atoms with Gasteiger partial charge in [-0.1, -0.05) is 12.2 Å². The highest BCUT2D eigenvalue weighted by atomic mass is 16.3. The fourth-order valence-electron chi connectivity index (χ4n) is 1.77. The average Bonchev–Trinajstić information content (AvgIpc) is 2.29. The molecule has 0 spiro atoms. The molecule has 1 heterocycles. The zero-order valence-corrected chi connectivity index (χ0v) is 6.36. The van der Waals surface area contributed by atoms with Crippen LogP contribution in [0.2, 0.25) is 0 Å². The summed E-state index contributed by atoms with van der Waals surface area (Å²) in [6.45, 7) is 0. The van der Waals surface area contributed by atoms with E-state index in [2.05, 4.69) is 5.32 Å². The van der Waals surface area contributed by atoms with Gasteiger partial charge in [-0.25, -0.2) is 0 Å². The van der Waals surface area contributed by atoms with Crippen molar-refractivity contribution in [3.05, 3.63) is 12.2 Å². The van der Waals surface area contributed by atoms with Crippen LogP contribution in [0.25, 0.3) is 0 Å². The topological polar surface area (TPSA) is 66.4 Å². The Bertz CT molecular complexity index is 271. The monoisotopic (exact) mass is 167 g/mol. The predicted octanol–water partition coefficient (Wildman–Crippen LogP) is -0.804. The van der Waals surface area contributed by atoms with Gasteiger partial charge >= 0.3 is 0 Å². The molecule has 3 atom stereocenters. The summed E-state index contributed by atoms with van der Waals surface area (Å²) in [7, 11) is 0. The molecular weight excluding hydrogens is 158 g/mol. The lowest BCUT2D eigenvalue weighted by molar-refractivity contribution is -0.126. The molecule has 0 saturated carbocycles. The van der Waals surface area contributed by atoms with E-state index in [0.29, 0.717) is 6.42 Å². The maximum atomic E-state index is 11.1. The van der Waals surface area contributed by atoms with Crippen molar-refractivity contribution in [3.63, 3.8) is 0 Å². The van der Waals surface area contributed by atoms with Crippen molar-refractivity contribution in [1.29, 1.82) is 0 Å². The quantitative estimate of drug-likeness (QED) is 0.366. The number of imide groups is 1. The molecule has 0 bridgehead atoms. The van der Waals surface area contributed by atoms with E-state index in [1.54, 1.807) is 12.2 Å². The molecule has 4 heteroatoms. The fourth-order valence-corrected chi connectivity index (χ4v) is 1.77. The minimum Gasteiger partial charge on any atom is -0.388 e. The van der Waals surface area contributed by atoms with Crippen molar-refractivity contribution in [2.75, 3.05) is 0 Å². The molecule has 0 unspecified atom stereocenters. The summed E-state index contributed by atoms with van der Waals surface area (Å²) in [4.78, 5) is 22.2. The second kappa shape index (κ2) is 2.42. The van der Waals surface area contributed by atoms with E-state index in [9.17, 15) is 14.7 Å². The second-order valence-electron chi connectivity index (χ2n) is 3.14. The van der Waals surface area contributed by atoms with E-state index in [4.69, 9.17) is 0 Å². The van der Waals surface area contributed by atoms with Crippen molar-refractivity contribution in [1.82, 2.24) is 5.32 Å². The van der Waals surface area contributed by atoms with Gasteiger partial charge in [-0.05, 0) is 6.42 Å². The average molecular weight is 167 g/mol. The Kier molecular flexibility index (Phi) is 1.51. The Labute approximate surface area is 69.3 Å². The Balaban J connectivity index is 2.32. The van der Waals surface area contributed by atoms with E-state index in [1.807, 2.05) is 0 Å². The smallest absolute Gasteiger partial charge is 0.233 e. The normalized spacial score (nSPS) is 39.6. The largest absolute Gasteiger partial charge is 0.388 e. The van der Waals surface area contributed by atoms with Crippen molar-refractivity contribution in [2.24, 2.45) is 11.8 Å². The molecule has 0 aromatic rings. The third kappa shape index (κ3) is 0.881. The first kappa shape index (κ1) is 7.49. The summed E-state index contributed by atoms with van der Waals surface area (Å²) in [5.41, 5.74) is 0. The Hall–Kier alpha value is -1.16. The molecule has 0 aromatic carbocycles. The van der Waals surface area contributed by atoms with Gasteiger partial charge < -0.3 is 5.11 Å². The molecular formula is C8H9NO3. The number of hydrogen-bond donors (Lipinski definition) is 2. The molecule has 64 valence electrons. The zero-order chi connectivity index (χ0) is 8.72. The molecule has 1 aliphatic heterocycles. The minimum absolute atomic E-state index is 0.256. The SMILES string of the molecule is O=C1NC(=O)[C@H]2CC=C[C@@H](O)[C@@H]12. The number of amides is 2. The number of fused-ring (bicyclic) bond motifs is 1. The van der Waals surface area contributed by atoms with Crippen molar-refractivity contribution < 1.29 is 14.7 Å². The molecule has 0 aromatic heterocycles. The van der Waals surface area contributed by atoms with Crippen LogP contribution in [0.3, 0.4) is 0 Å². The summed E-state index contributed by atoms with van der Waals surface area (Å²) in [6, 6.07) is 0. The Morgan fingerprint density at radius 1 is 1.42 bits per heavy atom. The van der Waals surface area contributed by atoms with E-state index >= 15 is 0 Å². The van der Waals surface area contributed by atoms with Gasteiger partial charge in [0.25, 0.3) is 0 Å². The molecule has 1 saturated heterocycles. The summed E-state index contributed by atoms with van der Waals surface area (Å²) in [5.74, 6) is -1.50. The van der Waals surface area contributed by atoms with E-state index in [0.717, 1.165) is 0 Å². The lowest BCUT2D eigenvalue weighted by Crippen LogP contribution is -2.32. The number of carbonyl (C=O) groups is 2. The third-order valence-electron chi connectivity index (χ3n) is 2.41. The standard InChI is InChI=1S/C8H9NO3/c10-5-3-1-2-4-6(5)8(12)9-7(4)11/h1,3-6,10H,2H2,(H,9,11,12)/t4-,5+,6-/m0/s1. The zero-order valence-electron chi connectivity index (χ0n) is 6.36. The molecule has 2 aliphatic rings. The number of aliphatic hydroxyl groups is 1. The summed E-state index contributed by atoms with van der Waals surface area (Å²) >= 11 is 0. The highest BCUT2D eigenvalue weighted by Gasteiger charge is 2.45. The molecule has 4 nitrogen and oxygen atoms in total. The van der Waals surface area contributed by atoms with Crippen molar-refractivity contribution in [2.45, 2.75) is 12.5 Å². The molecule has 12 heavy (non-hydrogen) atoms. The number of hydrogen-bond acceptors (Lipinski definition) is 3. The minimum atomic E-state index is -0.796. The molecule has 2 N–H and O–H groups in total. The fraction of sp³-hybridized carbons (Fsp3) is 0.500.